The quantitative estimate of drug-likeness (QED) is 0.793. The van der Waals surface area contributed by atoms with Crippen LogP contribution in [0.2, 0.25) is 0 Å². The third kappa shape index (κ3) is 4.21. The standard InChI is InChI=1S/C19H25N/c1-3-16-9-11-17(12-10-16)15-19(13-14-20-2)18-7-5-4-6-8-18/h4-12,19-20H,3,13-15H2,1-2H3. The van der Waals surface area contributed by atoms with E-state index < -0.39 is 0 Å². The van der Waals surface area contributed by atoms with Crippen LogP contribution in [-0.4, -0.2) is 13.6 Å². The van der Waals surface area contributed by atoms with Crippen molar-refractivity contribution in [3.8, 4) is 0 Å². The number of hydrogen-bond acceptors (Lipinski definition) is 1. The Morgan fingerprint density at radius 1 is 0.900 bits per heavy atom. The fourth-order valence-corrected chi connectivity index (χ4v) is 2.63. The molecule has 0 radical (unpaired) electrons. The van der Waals surface area contributed by atoms with E-state index in [1.807, 2.05) is 7.05 Å². The Morgan fingerprint density at radius 3 is 2.15 bits per heavy atom. The smallest absolute Gasteiger partial charge is 0.00460 e. The Labute approximate surface area is 123 Å². The van der Waals surface area contributed by atoms with E-state index >= 15 is 0 Å². The van der Waals surface area contributed by atoms with E-state index in [1.54, 1.807) is 0 Å². The van der Waals surface area contributed by atoms with Gasteiger partial charge in [0.15, 0.2) is 0 Å². The Morgan fingerprint density at radius 2 is 1.55 bits per heavy atom. The molecule has 0 aliphatic rings. The molecule has 2 rings (SSSR count). The van der Waals surface area contributed by atoms with Crippen LogP contribution in [-0.2, 0) is 12.8 Å². The lowest BCUT2D eigenvalue weighted by Crippen LogP contribution is -2.14. The van der Waals surface area contributed by atoms with Crippen molar-refractivity contribution in [3.63, 3.8) is 0 Å². The molecular formula is C19H25N. The predicted molar refractivity (Wildman–Crippen MR) is 87.3 cm³/mol. The molecule has 106 valence electrons. The number of hydrogen-bond donors (Lipinski definition) is 1. The van der Waals surface area contributed by atoms with Crippen molar-refractivity contribution in [1.82, 2.24) is 5.32 Å². The van der Waals surface area contributed by atoms with Crippen molar-refractivity contribution in [2.75, 3.05) is 13.6 Å². The minimum absolute atomic E-state index is 0.594. The number of nitrogens with one attached hydrogen (secondary N) is 1. The zero-order valence-corrected chi connectivity index (χ0v) is 12.6. The van der Waals surface area contributed by atoms with E-state index in [1.165, 1.54) is 23.1 Å². The summed E-state index contributed by atoms with van der Waals surface area (Å²) in [6.07, 6.45) is 3.41. The second kappa shape index (κ2) is 7.86. The van der Waals surface area contributed by atoms with Crippen molar-refractivity contribution < 1.29 is 0 Å². The van der Waals surface area contributed by atoms with E-state index in [-0.39, 0.29) is 0 Å². The molecular weight excluding hydrogens is 242 g/mol. The molecule has 0 aliphatic heterocycles. The van der Waals surface area contributed by atoms with E-state index in [4.69, 9.17) is 0 Å². The van der Waals surface area contributed by atoms with Crippen LogP contribution in [0.15, 0.2) is 54.6 Å². The zero-order chi connectivity index (χ0) is 14.2. The van der Waals surface area contributed by atoms with Crippen molar-refractivity contribution in [1.29, 1.82) is 0 Å². The average Bonchev–Trinajstić information content (AvgIpc) is 2.53. The highest BCUT2D eigenvalue weighted by Crippen LogP contribution is 2.24. The molecule has 1 nitrogen and oxygen atoms in total. The molecule has 0 amide bonds. The maximum atomic E-state index is 3.27. The van der Waals surface area contributed by atoms with E-state index in [0.717, 1.165) is 19.4 Å². The van der Waals surface area contributed by atoms with Gasteiger partial charge in [0.2, 0.25) is 0 Å². The van der Waals surface area contributed by atoms with Crippen molar-refractivity contribution >= 4 is 0 Å². The molecule has 0 saturated heterocycles. The van der Waals surface area contributed by atoms with Crippen LogP contribution in [0.1, 0.15) is 36.0 Å². The van der Waals surface area contributed by atoms with Gasteiger partial charge in [-0.3, -0.25) is 0 Å². The molecule has 2 aromatic carbocycles. The zero-order valence-electron chi connectivity index (χ0n) is 12.6. The van der Waals surface area contributed by atoms with Gasteiger partial charge in [-0.25, -0.2) is 0 Å². The van der Waals surface area contributed by atoms with E-state index in [0.29, 0.717) is 5.92 Å². The van der Waals surface area contributed by atoms with Gasteiger partial charge >= 0.3 is 0 Å². The molecule has 0 fully saturated rings. The molecule has 1 N–H and O–H groups in total. The highest BCUT2D eigenvalue weighted by molar-refractivity contribution is 5.27. The molecule has 0 aromatic heterocycles. The van der Waals surface area contributed by atoms with Crippen molar-refractivity contribution in [2.24, 2.45) is 0 Å². The number of rotatable bonds is 7. The van der Waals surface area contributed by atoms with Gasteiger partial charge in [0.05, 0.1) is 0 Å². The van der Waals surface area contributed by atoms with Crippen LogP contribution in [0.3, 0.4) is 0 Å². The van der Waals surface area contributed by atoms with Crippen LogP contribution in [0.5, 0.6) is 0 Å². The third-order valence-corrected chi connectivity index (χ3v) is 3.93. The summed E-state index contributed by atoms with van der Waals surface area (Å²) in [7, 11) is 2.03. The lowest BCUT2D eigenvalue weighted by molar-refractivity contribution is 0.593. The Balaban J connectivity index is 2.10. The van der Waals surface area contributed by atoms with Crippen LogP contribution < -0.4 is 5.32 Å². The lowest BCUT2D eigenvalue weighted by atomic mass is 9.89. The summed E-state index contributed by atoms with van der Waals surface area (Å²) in [6, 6.07) is 20.0. The number of aryl methyl sites for hydroxylation is 1. The first-order valence-corrected chi connectivity index (χ1v) is 7.60. The highest BCUT2D eigenvalue weighted by Gasteiger charge is 2.11. The molecule has 1 heteroatoms. The molecule has 0 aliphatic carbocycles. The first-order chi connectivity index (χ1) is 9.83. The van der Waals surface area contributed by atoms with Gasteiger partial charge in [-0.05, 0) is 55.5 Å². The Hall–Kier alpha value is -1.60. The highest BCUT2D eigenvalue weighted by atomic mass is 14.8. The first-order valence-electron chi connectivity index (χ1n) is 7.60. The summed E-state index contributed by atoms with van der Waals surface area (Å²) in [4.78, 5) is 0. The van der Waals surface area contributed by atoms with Crippen LogP contribution >= 0.6 is 0 Å². The summed E-state index contributed by atoms with van der Waals surface area (Å²) < 4.78 is 0. The van der Waals surface area contributed by atoms with Gasteiger partial charge < -0.3 is 5.32 Å². The normalized spacial score (nSPS) is 12.3. The monoisotopic (exact) mass is 267 g/mol. The second-order valence-corrected chi connectivity index (χ2v) is 5.37. The molecule has 2 aromatic rings. The van der Waals surface area contributed by atoms with E-state index in [2.05, 4.69) is 66.8 Å². The Kier molecular flexibility index (Phi) is 5.82. The summed E-state index contributed by atoms with van der Waals surface area (Å²) in [5.74, 6) is 0.594. The van der Waals surface area contributed by atoms with Gasteiger partial charge in [-0.15, -0.1) is 0 Å². The average molecular weight is 267 g/mol. The minimum atomic E-state index is 0.594. The molecule has 1 unspecified atom stereocenters. The summed E-state index contributed by atoms with van der Waals surface area (Å²) in [5, 5.41) is 3.27. The molecule has 0 saturated carbocycles. The molecule has 0 bridgehead atoms. The molecule has 0 spiro atoms. The predicted octanol–water partition coefficient (Wildman–Crippen LogP) is 4.18. The summed E-state index contributed by atoms with van der Waals surface area (Å²) in [6.45, 7) is 3.27. The second-order valence-electron chi connectivity index (χ2n) is 5.37. The summed E-state index contributed by atoms with van der Waals surface area (Å²) >= 11 is 0. The fourth-order valence-electron chi connectivity index (χ4n) is 2.63. The third-order valence-electron chi connectivity index (χ3n) is 3.93. The van der Waals surface area contributed by atoms with E-state index in [9.17, 15) is 0 Å². The first kappa shape index (κ1) is 14.8. The summed E-state index contributed by atoms with van der Waals surface area (Å²) in [5.41, 5.74) is 4.30. The van der Waals surface area contributed by atoms with Crippen LogP contribution in [0.4, 0.5) is 0 Å². The van der Waals surface area contributed by atoms with Crippen LogP contribution in [0.25, 0.3) is 0 Å². The lowest BCUT2D eigenvalue weighted by Gasteiger charge is -2.17. The maximum absolute atomic E-state index is 3.27. The van der Waals surface area contributed by atoms with Gasteiger partial charge in [-0.1, -0.05) is 61.5 Å². The van der Waals surface area contributed by atoms with Crippen molar-refractivity contribution in [3.05, 3.63) is 71.3 Å². The van der Waals surface area contributed by atoms with Gasteiger partial charge in [0.25, 0.3) is 0 Å². The largest absolute Gasteiger partial charge is 0.320 e. The number of benzene rings is 2. The molecule has 1 atom stereocenters. The van der Waals surface area contributed by atoms with Gasteiger partial charge in [0, 0.05) is 0 Å². The van der Waals surface area contributed by atoms with Gasteiger partial charge in [0.1, 0.15) is 0 Å². The van der Waals surface area contributed by atoms with Gasteiger partial charge in [-0.2, -0.15) is 0 Å². The molecule has 0 heterocycles. The minimum Gasteiger partial charge on any atom is -0.320 e. The maximum Gasteiger partial charge on any atom is -0.00460 e. The van der Waals surface area contributed by atoms with Crippen molar-refractivity contribution in [2.45, 2.75) is 32.1 Å². The molecule has 20 heavy (non-hydrogen) atoms. The Bertz CT molecular complexity index is 487. The fraction of sp³-hybridized carbons (Fsp3) is 0.368. The SMILES string of the molecule is CCc1ccc(CC(CCNC)c2ccccc2)cc1. The van der Waals surface area contributed by atoms with Crippen LogP contribution in [0, 0.1) is 0 Å². The topological polar surface area (TPSA) is 12.0 Å².